The van der Waals surface area contributed by atoms with Crippen molar-refractivity contribution in [2.75, 3.05) is 13.1 Å². The molecule has 2 nitrogen and oxygen atoms in total. The molecule has 0 atom stereocenters. The smallest absolute Gasteiger partial charge is 0.0712 e. The molecular weight excluding hydrogens is 280 g/mol. The van der Waals surface area contributed by atoms with Crippen LogP contribution in [0.3, 0.4) is 0 Å². The van der Waals surface area contributed by atoms with Crippen molar-refractivity contribution >= 4 is 12.2 Å². The number of aryl methyl sites for hydroxylation is 2. The molecule has 2 heteroatoms. The van der Waals surface area contributed by atoms with Crippen LogP contribution in [0.15, 0.2) is 43.1 Å². The number of benzene rings is 1. The fourth-order valence-electron chi connectivity index (χ4n) is 3.10. The fraction of sp³-hybridized carbons (Fsp3) is 0.286. The minimum absolute atomic E-state index is 0.956. The molecule has 2 heterocycles. The largest absolute Gasteiger partial charge is 0.377 e. The van der Waals surface area contributed by atoms with Gasteiger partial charge < -0.3 is 4.90 Å². The van der Waals surface area contributed by atoms with E-state index in [0.717, 1.165) is 30.0 Å². The van der Waals surface area contributed by atoms with Crippen LogP contribution in [-0.4, -0.2) is 23.0 Å². The van der Waals surface area contributed by atoms with E-state index >= 15 is 0 Å². The molecule has 1 aromatic carbocycles. The van der Waals surface area contributed by atoms with Gasteiger partial charge in [0.25, 0.3) is 0 Å². The van der Waals surface area contributed by atoms with Gasteiger partial charge in [0.15, 0.2) is 0 Å². The number of aromatic nitrogens is 1. The standard InChI is InChI=1S/C21H24N2/c1-4-20-19(10-13-23-11-5-6-12-23)17(3)15-21(22-20)18-9-7-8-16(2)14-18/h4,7-10,13-15H,1,5-6,11-12H2,2-3H3/b13-10+. The van der Waals surface area contributed by atoms with Crippen molar-refractivity contribution in [3.63, 3.8) is 0 Å². The molecule has 1 fully saturated rings. The summed E-state index contributed by atoms with van der Waals surface area (Å²) < 4.78 is 0. The minimum Gasteiger partial charge on any atom is -0.377 e. The van der Waals surface area contributed by atoms with E-state index in [4.69, 9.17) is 4.98 Å². The van der Waals surface area contributed by atoms with Crippen LogP contribution < -0.4 is 0 Å². The van der Waals surface area contributed by atoms with Crippen LogP contribution >= 0.6 is 0 Å². The highest BCUT2D eigenvalue weighted by Gasteiger charge is 2.10. The van der Waals surface area contributed by atoms with E-state index in [2.05, 4.69) is 67.9 Å². The summed E-state index contributed by atoms with van der Waals surface area (Å²) in [6.45, 7) is 10.5. The van der Waals surface area contributed by atoms with Crippen LogP contribution in [0, 0.1) is 13.8 Å². The van der Waals surface area contributed by atoms with Crippen LogP contribution in [0.2, 0.25) is 0 Å². The monoisotopic (exact) mass is 304 g/mol. The Morgan fingerprint density at radius 1 is 1.13 bits per heavy atom. The van der Waals surface area contributed by atoms with Crippen molar-refractivity contribution in [1.82, 2.24) is 9.88 Å². The maximum absolute atomic E-state index is 4.82. The second kappa shape index (κ2) is 6.82. The number of rotatable bonds is 4. The third-order valence-corrected chi connectivity index (χ3v) is 4.39. The molecule has 2 aromatic rings. The lowest BCUT2D eigenvalue weighted by atomic mass is 10.0. The first-order valence-corrected chi connectivity index (χ1v) is 8.31. The Hall–Kier alpha value is -2.35. The lowest BCUT2D eigenvalue weighted by Crippen LogP contribution is -2.10. The van der Waals surface area contributed by atoms with Crippen LogP contribution in [0.25, 0.3) is 23.4 Å². The average Bonchev–Trinajstić information content (AvgIpc) is 3.06. The fourth-order valence-corrected chi connectivity index (χ4v) is 3.10. The van der Waals surface area contributed by atoms with Gasteiger partial charge in [-0.25, -0.2) is 4.98 Å². The second-order valence-electron chi connectivity index (χ2n) is 6.26. The molecular formula is C21H24N2. The Bertz CT molecular complexity index is 738. The van der Waals surface area contributed by atoms with E-state index in [1.165, 1.54) is 29.5 Å². The molecule has 1 saturated heterocycles. The van der Waals surface area contributed by atoms with Crippen molar-refractivity contribution in [3.05, 3.63) is 65.5 Å². The highest BCUT2D eigenvalue weighted by atomic mass is 15.1. The predicted molar refractivity (Wildman–Crippen MR) is 99.1 cm³/mol. The van der Waals surface area contributed by atoms with E-state index in [-0.39, 0.29) is 0 Å². The van der Waals surface area contributed by atoms with E-state index in [9.17, 15) is 0 Å². The summed E-state index contributed by atoms with van der Waals surface area (Å²) in [6, 6.07) is 10.6. The highest BCUT2D eigenvalue weighted by Crippen LogP contribution is 2.25. The molecule has 0 bridgehead atoms. The summed E-state index contributed by atoms with van der Waals surface area (Å²) in [7, 11) is 0. The van der Waals surface area contributed by atoms with Gasteiger partial charge in [-0.15, -0.1) is 0 Å². The van der Waals surface area contributed by atoms with Gasteiger partial charge in [-0.2, -0.15) is 0 Å². The van der Waals surface area contributed by atoms with Crippen LogP contribution in [-0.2, 0) is 0 Å². The summed E-state index contributed by atoms with van der Waals surface area (Å²) in [5, 5.41) is 0. The van der Waals surface area contributed by atoms with Gasteiger partial charge in [0.05, 0.1) is 11.4 Å². The first-order chi connectivity index (χ1) is 11.2. The third kappa shape index (κ3) is 3.53. The summed E-state index contributed by atoms with van der Waals surface area (Å²) in [6.07, 6.45) is 8.83. The van der Waals surface area contributed by atoms with Gasteiger partial charge in [-0.1, -0.05) is 30.3 Å². The lowest BCUT2D eigenvalue weighted by Gasteiger charge is -2.13. The number of pyridine rings is 1. The average molecular weight is 304 g/mol. The van der Waals surface area contributed by atoms with Crippen molar-refractivity contribution < 1.29 is 0 Å². The predicted octanol–water partition coefficient (Wildman–Crippen LogP) is 5.07. The quantitative estimate of drug-likeness (QED) is 0.783. The van der Waals surface area contributed by atoms with Crippen molar-refractivity contribution in [2.45, 2.75) is 26.7 Å². The van der Waals surface area contributed by atoms with E-state index in [1.54, 1.807) is 0 Å². The molecule has 3 rings (SSSR count). The number of likely N-dealkylation sites (tertiary alicyclic amines) is 1. The Kier molecular flexibility index (Phi) is 4.61. The molecule has 1 aliphatic heterocycles. The normalized spacial score (nSPS) is 14.6. The molecule has 1 aromatic heterocycles. The molecule has 23 heavy (non-hydrogen) atoms. The number of hydrogen-bond acceptors (Lipinski definition) is 2. The maximum atomic E-state index is 4.82. The molecule has 0 N–H and O–H groups in total. The summed E-state index contributed by atoms with van der Waals surface area (Å²) >= 11 is 0. The molecule has 1 aliphatic rings. The number of hydrogen-bond donors (Lipinski definition) is 0. The van der Waals surface area contributed by atoms with E-state index in [1.807, 2.05) is 6.08 Å². The van der Waals surface area contributed by atoms with E-state index < -0.39 is 0 Å². The molecule has 0 amide bonds. The molecule has 118 valence electrons. The van der Waals surface area contributed by atoms with Crippen LogP contribution in [0.1, 0.15) is 35.2 Å². The first kappa shape index (κ1) is 15.5. The maximum Gasteiger partial charge on any atom is 0.0712 e. The molecule has 0 aliphatic carbocycles. The molecule has 0 spiro atoms. The summed E-state index contributed by atoms with van der Waals surface area (Å²) in [4.78, 5) is 7.20. The summed E-state index contributed by atoms with van der Waals surface area (Å²) in [5.74, 6) is 0. The Morgan fingerprint density at radius 3 is 2.61 bits per heavy atom. The molecule has 0 saturated carbocycles. The van der Waals surface area contributed by atoms with Crippen LogP contribution in [0.4, 0.5) is 0 Å². The van der Waals surface area contributed by atoms with Gasteiger partial charge >= 0.3 is 0 Å². The van der Waals surface area contributed by atoms with Gasteiger partial charge in [-0.3, -0.25) is 0 Å². The van der Waals surface area contributed by atoms with E-state index in [0.29, 0.717) is 0 Å². The lowest BCUT2D eigenvalue weighted by molar-refractivity contribution is 0.471. The molecule has 0 unspecified atom stereocenters. The van der Waals surface area contributed by atoms with Gasteiger partial charge in [-0.05, 0) is 62.7 Å². The van der Waals surface area contributed by atoms with Crippen molar-refractivity contribution in [1.29, 1.82) is 0 Å². The van der Waals surface area contributed by atoms with Crippen LogP contribution in [0.5, 0.6) is 0 Å². The zero-order chi connectivity index (χ0) is 16.2. The van der Waals surface area contributed by atoms with Crippen molar-refractivity contribution in [3.8, 4) is 11.3 Å². The van der Waals surface area contributed by atoms with Gasteiger partial charge in [0.2, 0.25) is 0 Å². The highest BCUT2D eigenvalue weighted by molar-refractivity contribution is 5.70. The van der Waals surface area contributed by atoms with Gasteiger partial charge in [0.1, 0.15) is 0 Å². The molecule has 0 radical (unpaired) electrons. The Morgan fingerprint density at radius 2 is 1.91 bits per heavy atom. The SMILES string of the molecule is C=Cc1nc(-c2cccc(C)c2)cc(C)c1/C=C/N1CCCC1. The Balaban J connectivity index is 1.97. The second-order valence-corrected chi connectivity index (χ2v) is 6.26. The third-order valence-electron chi connectivity index (χ3n) is 4.39. The number of nitrogens with zero attached hydrogens (tertiary/aromatic N) is 2. The first-order valence-electron chi connectivity index (χ1n) is 8.31. The topological polar surface area (TPSA) is 16.1 Å². The van der Waals surface area contributed by atoms with Gasteiger partial charge in [0, 0.05) is 24.2 Å². The minimum atomic E-state index is 0.956. The van der Waals surface area contributed by atoms with Crippen molar-refractivity contribution in [2.24, 2.45) is 0 Å². The summed E-state index contributed by atoms with van der Waals surface area (Å²) in [5.41, 5.74) is 6.79. The zero-order valence-corrected chi connectivity index (χ0v) is 14.0. The zero-order valence-electron chi connectivity index (χ0n) is 14.0. The Labute approximate surface area is 139 Å².